The quantitative estimate of drug-likeness (QED) is 0.0433. The summed E-state index contributed by atoms with van der Waals surface area (Å²) in [5, 5.41) is 9.54. The summed E-state index contributed by atoms with van der Waals surface area (Å²) in [4.78, 5) is 24.2. The van der Waals surface area contributed by atoms with E-state index in [4.69, 9.17) is 9.47 Å². The van der Waals surface area contributed by atoms with Gasteiger partial charge in [-0.1, -0.05) is 145 Å². The molecule has 0 radical (unpaired) electrons. The first-order chi connectivity index (χ1) is 23.1. The van der Waals surface area contributed by atoms with Crippen molar-refractivity contribution in [3.63, 3.8) is 0 Å². The van der Waals surface area contributed by atoms with Gasteiger partial charge in [-0.15, -0.1) is 0 Å². The maximum Gasteiger partial charge on any atom is 0.306 e. The Kier molecular flexibility index (Phi) is 35.7. The van der Waals surface area contributed by atoms with Crippen LogP contribution in [0.3, 0.4) is 0 Å². The van der Waals surface area contributed by atoms with Gasteiger partial charge in [-0.2, -0.15) is 0 Å². The number of ether oxygens (including phenoxy) is 2. The largest absolute Gasteiger partial charge is 0.462 e. The molecule has 1 atom stereocenters. The van der Waals surface area contributed by atoms with Crippen LogP contribution in [0, 0.1) is 0 Å². The topological polar surface area (TPSA) is 72.8 Å². The molecule has 0 aliphatic carbocycles. The van der Waals surface area contributed by atoms with Gasteiger partial charge in [0.2, 0.25) is 0 Å². The van der Waals surface area contributed by atoms with Crippen molar-refractivity contribution in [2.45, 2.75) is 168 Å². The second-order valence-electron chi connectivity index (χ2n) is 12.3. The van der Waals surface area contributed by atoms with E-state index in [0.717, 1.165) is 83.5 Å². The standard InChI is InChI=1S/C42H70O5/c1-3-5-7-9-11-13-15-17-19-20-21-22-23-25-27-29-31-33-35-37-42(45)47-40(38-43)39-46-41(44)36-34-32-30-28-26-24-18-16-14-12-10-8-6-4-2/h5,7,10-13,16-19,21-22,40,43H,3-4,6,8-9,14-15,20,23-39H2,1-2H3/b7-5-,12-10-,13-11-,18-16-,19-17-,22-21-. The fourth-order valence-corrected chi connectivity index (χ4v) is 4.85. The van der Waals surface area contributed by atoms with Gasteiger partial charge in [0.25, 0.3) is 0 Å². The van der Waals surface area contributed by atoms with Gasteiger partial charge in [-0.05, 0) is 77.0 Å². The molecule has 0 spiro atoms. The molecule has 0 amide bonds. The van der Waals surface area contributed by atoms with Crippen molar-refractivity contribution >= 4 is 11.9 Å². The van der Waals surface area contributed by atoms with Gasteiger partial charge in [0.1, 0.15) is 6.61 Å². The van der Waals surface area contributed by atoms with Gasteiger partial charge in [0.15, 0.2) is 6.10 Å². The minimum atomic E-state index is -0.787. The minimum Gasteiger partial charge on any atom is -0.462 e. The number of hydrogen-bond acceptors (Lipinski definition) is 5. The van der Waals surface area contributed by atoms with Crippen LogP contribution in [0.1, 0.15) is 162 Å². The highest BCUT2D eigenvalue weighted by molar-refractivity contribution is 5.70. The van der Waals surface area contributed by atoms with Crippen LogP contribution in [0.2, 0.25) is 0 Å². The van der Waals surface area contributed by atoms with E-state index in [1.54, 1.807) is 0 Å². The summed E-state index contributed by atoms with van der Waals surface area (Å²) in [6.45, 7) is 3.94. The Hall–Kier alpha value is -2.66. The van der Waals surface area contributed by atoms with E-state index in [1.807, 2.05) is 0 Å². The molecule has 1 N–H and O–H groups in total. The summed E-state index contributed by atoms with van der Waals surface area (Å²) >= 11 is 0. The fourth-order valence-electron chi connectivity index (χ4n) is 4.85. The van der Waals surface area contributed by atoms with Gasteiger partial charge < -0.3 is 14.6 Å². The van der Waals surface area contributed by atoms with Crippen LogP contribution in [-0.4, -0.2) is 36.4 Å². The van der Waals surface area contributed by atoms with Crippen molar-refractivity contribution in [2.24, 2.45) is 0 Å². The molecule has 0 saturated carbocycles. The maximum atomic E-state index is 12.2. The van der Waals surface area contributed by atoms with E-state index >= 15 is 0 Å². The zero-order chi connectivity index (χ0) is 34.3. The number of aliphatic hydroxyl groups excluding tert-OH is 1. The average Bonchev–Trinajstić information content (AvgIpc) is 3.07. The number of esters is 2. The van der Waals surface area contributed by atoms with E-state index in [2.05, 4.69) is 86.8 Å². The van der Waals surface area contributed by atoms with Crippen LogP contribution < -0.4 is 0 Å². The summed E-state index contributed by atoms with van der Waals surface area (Å²) in [6.07, 6.45) is 49.5. The normalized spacial score (nSPS) is 13.0. The smallest absolute Gasteiger partial charge is 0.306 e. The summed E-state index contributed by atoms with van der Waals surface area (Å²) in [7, 11) is 0. The molecular formula is C42H70O5. The molecule has 5 heteroatoms. The first-order valence-corrected chi connectivity index (χ1v) is 19.0. The first kappa shape index (κ1) is 44.3. The highest BCUT2D eigenvalue weighted by Crippen LogP contribution is 2.11. The van der Waals surface area contributed by atoms with Crippen LogP contribution in [-0.2, 0) is 19.1 Å². The number of rotatable bonds is 33. The number of allylic oxidation sites excluding steroid dienone is 12. The van der Waals surface area contributed by atoms with Crippen LogP contribution in [0.25, 0.3) is 0 Å². The lowest BCUT2D eigenvalue weighted by Crippen LogP contribution is -2.28. The third-order valence-corrected chi connectivity index (χ3v) is 7.73. The van der Waals surface area contributed by atoms with Gasteiger partial charge in [0.05, 0.1) is 6.61 Å². The van der Waals surface area contributed by atoms with Gasteiger partial charge >= 0.3 is 11.9 Å². The van der Waals surface area contributed by atoms with Gasteiger partial charge in [-0.25, -0.2) is 0 Å². The Morgan fingerprint density at radius 1 is 0.511 bits per heavy atom. The number of carbonyl (C=O) groups excluding carboxylic acids is 2. The zero-order valence-corrected chi connectivity index (χ0v) is 30.3. The molecule has 0 aromatic rings. The summed E-state index contributed by atoms with van der Waals surface area (Å²) < 4.78 is 10.6. The molecule has 0 aromatic carbocycles. The maximum absolute atomic E-state index is 12.2. The summed E-state index contributed by atoms with van der Waals surface area (Å²) in [5.41, 5.74) is 0. The van der Waals surface area contributed by atoms with Crippen molar-refractivity contribution in [1.82, 2.24) is 0 Å². The lowest BCUT2D eigenvalue weighted by Gasteiger charge is -2.15. The van der Waals surface area contributed by atoms with Crippen LogP contribution >= 0.6 is 0 Å². The molecule has 0 fully saturated rings. The van der Waals surface area contributed by atoms with Crippen molar-refractivity contribution in [1.29, 1.82) is 0 Å². The van der Waals surface area contributed by atoms with Crippen LogP contribution in [0.5, 0.6) is 0 Å². The van der Waals surface area contributed by atoms with E-state index in [9.17, 15) is 14.7 Å². The third kappa shape index (κ3) is 36.0. The van der Waals surface area contributed by atoms with Gasteiger partial charge in [-0.3, -0.25) is 9.59 Å². The van der Waals surface area contributed by atoms with Gasteiger partial charge in [0, 0.05) is 12.8 Å². The molecule has 0 aromatic heterocycles. The van der Waals surface area contributed by atoms with E-state index in [-0.39, 0.29) is 25.2 Å². The molecule has 0 bridgehead atoms. The highest BCUT2D eigenvalue weighted by Gasteiger charge is 2.16. The first-order valence-electron chi connectivity index (χ1n) is 19.0. The molecule has 0 rings (SSSR count). The Morgan fingerprint density at radius 2 is 0.915 bits per heavy atom. The Morgan fingerprint density at radius 3 is 1.38 bits per heavy atom. The van der Waals surface area contributed by atoms with E-state index in [1.165, 1.54) is 51.4 Å². The van der Waals surface area contributed by atoms with E-state index in [0.29, 0.717) is 12.8 Å². The molecule has 0 aliphatic heterocycles. The molecular weight excluding hydrogens is 584 g/mol. The monoisotopic (exact) mass is 655 g/mol. The Balaban J connectivity index is 3.64. The van der Waals surface area contributed by atoms with Crippen LogP contribution in [0.4, 0.5) is 0 Å². The summed E-state index contributed by atoms with van der Waals surface area (Å²) in [5.74, 6) is -0.630. The Labute approximate surface area is 289 Å². The van der Waals surface area contributed by atoms with Crippen molar-refractivity contribution in [3.8, 4) is 0 Å². The van der Waals surface area contributed by atoms with E-state index < -0.39 is 6.10 Å². The predicted octanol–water partition coefficient (Wildman–Crippen LogP) is 11.8. The summed E-state index contributed by atoms with van der Waals surface area (Å²) in [6, 6.07) is 0. The molecule has 0 heterocycles. The number of carbonyl (C=O) groups is 2. The molecule has 5 nitrogen and oxygen atoms in total. The SMILES string of the molecule is CC/C=C\C/C=C\C/C=C\C/C=C\CCCCCCCCC(=O)OC(CO)COC(=O)CCCCCCC/C=C\C/C=C\CCCC. The Bertz CT molecular complexity index is 879. The molecule has 0 aliphatic rings. The van der Waals surface area contributed by atoms with Crippen molar-refractivity contribution in [2.75, 3.05) is 13.2 Å². The lowest BCUT2D eigenvalue weighted by molar-refractivity contribution is -0.161. The highest BCUT2D eigenvalue weighted by atomic mass is 16.6. The van der Waals surface area contributed by atoms with Crippen LogP contribution in [0.15, 0.2) is 72.9 Å². The molecule has 47 heavy (non-hydrogen) atoms. The van der Waals surface area contributed by atoms with Crippen molar-refractivity contribution < 1.29 is 24.2 Å². The fraction of sp³-hybridized carbons (Fsp3) is 0.667. The molecule has 268 valence electrons. The minimum absolute atomic E-state index is 0.0829. The number of unbranched alkanes of at least 4 members (excludes halogenated alkanes) is 13. The molecule has 1 unspecified atom stereocenters. The lowest BCUT2D eigenvalue weighted by atomic mass is 10.1. The average molecular weight is 655 g/mol. The predicted molar refractivity (Wildman–Crippen MR) is 200 cm³/mol. The van der Waals surface area contributed by atoms with Crippen molar-refractivity contribution in [3.05, 3.63) is 72.9 Å². The third-order valence-electron chi connectivity index (χ3n) is 7.73. The number of hydrogen-bond donors (Lipinski definition) is 1. The number of aliphatic hydroxyl groups is 1. The zero-order valence-electron chi connectivity index (χ0n) is 30.3. The molecule has 0 saturated heterocycles. The second kappa shape index (κ2) is 37.8. The second-order valence-corrected chi connectivity index (χ2v) is 12.3.